The van der Waals surface area contributed by atoms with Crippen molar-refractivity contribution in [2.45, 2.75) is 70.6 Å². The van der Waals surface area contributed by atoms with Crippen molar-refractivity contribution >= 4 is 28.4 Å². The maximum Gasteiger partial charge on any atom is 0.225 e. The Balaban J connectivity index is 1.35. The van der Waals surface area contributed by atoms with E-state index in [1.807, 2.05) is 25.3 Å². The second-order valence-corrected chi connectivity index (χ2v) is 9.53. The van der Waals surface area contributed by atoms with Gasteiger partial charge < -0.3 is 20.5 Å². The van der Waals surface area contributed by atoms with Crippen molar-refractivity contribution in [2.75, 3.05) is 0 Å². The van der Waals surface area contributed by atoms with Crippen LogP contribution in [-0.4, -0.2) is 33.6 Å². The van der Waals surface area contributed by atoms with Gasteiger partial charge in [-0.25, -0.2) is 9.37 Å². The molecule has 2 saturated carbocycles. The zero-order valence-corrected chi connectivity index (χ0v) is 19.0. The number of carbonyl (C=O) groups is 2. The quantitative estimate of drug-likeness (QED) is 0.649. The van der Waals surface area contributed by atoms with Crippen molar-refractivity contribution in [2.24, 2.45) is 5.92 Å². The van der Waals surface area contributed by atoms with Gasteiger partial charge in [-0.15, -0.1) is 0 Å². The molecule has 1 aliphatic heterocycles. The monoisotopic (exact) mass is 451 g/mol. The summed E-state index contributed by atoms with van der Waals surface area (Å²) < 4.78 is 16.9. The van der Waals surface area contributed by atoms with Crippen LogP contribution in [-0.2, 0) is 9.59 Å². The summed E-state index contributed by atoms with van der Waals surface area (Å²) in [7, 11) is 0. The minimum atomic E-state index is -0.385. The van der Waals surface area contributed by atoms with Gasteiger partial charge in [0.15, 0.2) is 5.82 Å². The number of fused-ring (bicyclic) bond motifs is 1. The van der Waals surface area contributed by atoms with Gasteiger partial charge in [0.05, 0.1) is 11.8 Å². The Bertz CT molecular complexity index is 1160. The Morgan fingerprint density at radius 2 is 2.00 bits per heavy atom. The second kappa shape index (κ2) is 8.65. The van der Waals surface area contributed by atoms with Gasteiger partial charge in [0.2, 0.25) is 11.8 Å². The van der Waals surface area contributed by atoms with Crippen LogP contribution in [0.25, 0.3) is 16.6 Å². The molecule has 8 heteroatoms. The first-order valence-electron chi connectivity index (χ1n) is 11.8. The average Bonchev–Trinajstić information content (AvgIpc) is 3.53. The Hall–Kier alpha value is -3.16. The van der Waals surface area contributed by atoms with Crippen LogP contribution in [0.15, 0.2) is 36.3 Å². The summed E-state index contributed by atoms with van der Waals surface area (Å²) in [6.45, 7) is 3.48. The Morgan fingerprint density at radius 1 is 1.18 bits per heavy atom. The molecule has 2 amide bonds. The van der Waals surface area contributed by atoms with Crippen LogP contribution in [0.5, 0.6) is 0 Å². The highest BCUT2D eigenvalue weighted by molar-refractivity contribution is 5.87. The molecule has 1 aromatic carbocycles. The number of nitrogens with one attached hydrogen (secondary N) is 3. The SMILES string of the molecule is CC(=O)N[C@@H]1CCC[C@H](C(=O)NC2C=C(c3cc(F)c4ncn(C5CC5)c4c3)C(C)=CN2)C1. The fraction of sp³-hybridized carbons (Fsp3) is 0.480. The predicted molar refractivity (Wildman–Crippen MR) is 124 cm³/mol. The molecule has 1 unspecified atom stereocenters. The third-order valence-corrected chi connectivity index (χ3v) is 6.87. The number of carbonyl (C=O) groups excluding carboxylic acids is 2. The largest absolute Gasteiger partial charge is 0.368 e. The molecule has 0 spiro atoms. The molecule has 3 aliphatic rings. The number of benzene rings is 1. The molecule has 2 aliphatic carbocycles. The number of imidazole rings is 1. The van der Waals surface area contributed by atoms with Gasteiger partial charge in [0.1, 0.15) is 11.7 Å². The van der Waals surface area contributed by atoms with Crippen LogP contribution in [0.1, 0.15) is 64.0 Å². The highest BCUT2D eigenvalue weighted by Crippen LogP contribution is 2.38. The zero-order valence-electron chi connectivity index (χ0n) is 19.0. The highest BCUT2D eigenvalue weighted by atomic mass is 19.1. The molecule has 0 saturated heterocycles. The lowest BCUT2D eigenvalue weighted by molar-refractivity contribution is -0.127. The minimum absolute atomic E-state index is 0.0282. The van der Waals surface area contributed by atoms with Crippen LogP contribution >= 0.6 is 0 Å². The van der Waals surface area contributed by atoms with E-state index in [0.717, 1.165) is 54.3 Å². The first kappa shape index (κ1) is 21.7. The Labute approximate surface area is 192 Å². The number of hydrogen-bond acceptors (Lipinski definition) is 4. The van der Waals surface area contributed by atoms with Crippen molar-refractivity contribution in [3.63, 3.8) is 0 Å². The number of rotatable bonds is 5. The van der Waals surface area contributed by atoms with Crippen LogP contribution in [0, 0.1) is 11.7 Å². The summed E-state index contributed by atoms with van der Waals surface area (Å²) >= 11 is 0. The minimum Gasteiger partial charge on any atom is -0.368 e. The molecule has 33 heavy (non-hydrogen) atoms. The predicted octanol–water partition coefficient (Wildman–Crippen LogP) is 3.54. The topological polar surface area (TPSA) is 88.1 Å². The van der Waals surface area contributed by atoms with Gasteiger partial charge in [-0.05, 0) is 73.9 Å². The molecular weight excluding hydrogens is 421 g/mol. The van der Waals surface area contributed by atoms with Gasteiger partial charge in [0.25, 0.3) is 0 Å². The van der Waals surface area contributed by atoms with E-state index in [0.29, 0.717) is 18.0 Å². The molecule has 0 bridgehead atoms. The van der Waals surface area contributed by atoms with Crippen molar-refractivity contribution in [1.29, 1.82) is 0 Å². The number of amides is 2. The number of aromatic nitrogens is 2. The highest BCUT2D eigenvalue weighted by Gasteiger charge is 2.30. The standard InChI is InChI=1S/C25H30FN5O2/c1-14-12-27-23(30-25(33)16-4-3-5-18(8-16)29-15(2)32)11-20(14)17-9-21(26)24-22(10-17)31(13-28-24)19-6-7-19/h9-13,16,18-19,23,27H,3-8H2,1-2H3,(H,29,32)(H,30,33)/t16-,18+,23?/m0/s1. The lowest BCUT2D eigenvalue weighted by atomic mass is 9.85. The van der Waals surface area contributed by atoms with E-state index in [1.54, 1.807) is 6.33 Å². The third kappa shape index (κ3) is 4.51. The van der Waals surface area contributed by atoms with Gasteiger partial charge in [-0.1, -0.05) is 6.42 Å². The van der Waals surface area contributed by atoms with E-state index in [1.165, 1.54) is 13.0 Å². The molecule has 7 nitrogen and oxygen atoms in total. The number of halogens is 1. The normalized spacial score (nSPS) is 25.1. The first-order chi connectivity index (χ1) is 15.9. The van der Waals surface area contributed by atoms with Gasteiger partial charge in [-0.3, -0.25) is 9.59 Å². The average molecular weight is 452 g/mol. The van der Waals surface area contributed by atoms with Crippen molar-refractivity contribution in [1.82, 2.24) is 25.5 Å². The van der Waals surface area contributed by atoms with E-state index in [9.17, 15) is 14.0 Å². The van der Waals surface area contributed by atoms with E-state index in [-0.39, 0.29) is 35.8 Å². The Kier molecular flexibility index (Phi) is 5.68. The third-order valence-electron chi connectivity index (χ3n) is 6.87. The van der Waals surface area contributed by atoms with Crippen LogP contribution < -0.4 is 16.0 Å². The summed E-state index contributed by atoms with van der Waals surface area (Å²) in [5.41, 5.74) is 3.85. The molecule has 2 fully saturated rings. The maximum atomic E-state index is 14.9. The molecule has 1 aromatic heterocycles. The van der Waals surface area contributed by atoms with Crippen LogP contribution in [0.2, 0.25) is 0 Å². The summed E-state index contributed by atoms with van der Waals surface area (Å²) in [6, 6.07) is 3.98. The zero-order chi connectivity index (χ0) is 23.1. The van der Waals surface area contributed by atoms with Crippen molar-refractivity contribution < 1.29 is 14.0 Å². The van der Waals surface area contributed by atoms with Crippen LogP contribution in [0.4, 0.5) is 4.39 Å². The fourth-order valence-electron chi connectivity index (χ4n) is 5.05. The van der Waals surface area contributed by atoms with E-state index in [4.69, 9.17) is 0 Å². The smallest absolute Gasteiger partial charge is 0.225 e. The van der Waals surface area contributed by atoms with Gasteiger partial charge >= 0.3 is 0 Å². The van der Waals surface area contributed by atoms with Gasteiger partial charge in [-0.2, -0.15) is 0 Å². The Morgan fingerprint density at radius 3 is 2.76 bits per heavy atom. The molecule has 0 radical (unpaired) electrons. The van der Waals surface area contributed by atoms with Crippen molar-refractivity contribution in [3.8, 4) is 0 Å². The fourth-order valence-corrected chi connectivity index (χ4v) is 5.05. The number of nitrogens with zero attached hydrogens (tertiary/aromatic N) is 2. The lowest BCUT2D eigenvalue weighted by Gasteiger charge is -2.30. The number of dihydropyridines is 1. The summed E-state index contributed by atoms with van der Waals surface area (Å²) in [6.07, 6.45) is 10.6. The summed E-state index contributed by atoms with van der Waals surface area (Å²) in [5, 5.41) is 9.23. The number of allylic oxidation sites excluding steroid dienone is 2. The molecule has 3 atom stereocenters. The summed E-state index contributed by atoms with van der Waals surface area (Å²) in [4.78, 5) is 28.6. The molecule has 174 valence electrons. The van der Waals surface area contributed by atoms with Crippen LogP contribution in [0.3, 0.4) is 0 Å². The van der Waals surface area contributed by atoms with E-state index >= 15 is 0 Å². The van der Waals surface area contributed by atoms with Gasteiger partial charge in [0, 0.05) is 31.1 Å². The first-order valence-corrected chi connectivity index (χ1v) is 11.8. The van der Waals surface area contributed by atoms with E-state index < -0.39 is 0 Å². The molecule has 2 heterocycles. The lowest BCUT2D eigenvalue weighted by Crippen LogP contribution is -2.48. The molecule has 2 aromatic rings. The molecule has 5 rings (SSSR count). The molecule has 3 N–H and O–H groups in total. The maximum absolute atomic E-state index is 14.9. The second-order valence-electron chi connectivity index (χ2n) is 9.53. The van der Waals surface area contributed by atoms with E-state index in [2.05, 4.69) is 25.5 Å². The summed E-state index contributed by atoms with van der Waals surface area (Å²) in [5.74, 6) is -0.557. The van der Waals surface area contributed by atoms with Crippen molar-refractivity contribution in [3.05, 3.63) is 47.7 Å². The number of hydrogen-bond donors (Lipinski definition) is 3. The molecular formula is C25H30FN5O2.